The van der Waals surface area contributed by atoms with Crippen LogP contribution in [-0.4, -0.2) is 12.8 Å². The SMILES string of the molecule is CC(O[C]=O)Oc1ccccc1. The van der Waals surface area contributed by atoms with Gasteiger partial charge in [0.15, 0.2) is 0 Å². The summed E-state index contributed by atoms with van der Waals surface area (Å²) in [6, 6.07) is 9.12. The lowest BCUT2D eigenvalue weighted by molar-refractivity contribution is 0.00940. The first-order valence-electron chi connectivity index (χ1n) is 3.57. The Morgan fingerprint density at radius 2 is 2.00 bits per heavy atom. The van der Waals surface area contributed by atoms with E-state index in [1.807, 2.05) is 18.2 Å². The molecular weight excluding hydrogens is 156 g/mol. The van der Waals surface area contributed by atoms with Crippen LogP contribution < -0.4 is 4.74 Å². The summed E-state index contributed by atoms with van der Waals surface area (Å²) in [6.07, 6.45) is -0.593. The zero-order valence-electron chi connectivity index (χ0n) is 6.69. The van der Waals surface area contributed by atoms with E-state index in [1.165, 1.54) is 6.47 Å². The molecule has 12 heavy (non-hydrogen) atoms. The summed E-state index contributed by atoms with van der Waals surface area (Å²) >= 11 is 0. The Balaban J connectivity index is 2.46. The van der Waals surface area contributed by atoms with Crippen molar-refractivity contribution < 1.29 is 14.3 Å². The van der Waals surface area contributed by atoms with E-state index in [9.17, 15) is 4.79 Å². The highest BCUT2D eigenvalue weighted by atomic mass is 16.7. The van der Waals surface area contributed by atoms with Crippen LogP contribution in [0.25, 0.3) is 0 Å². The molecule has 3 heteroatoms. The largest absolute Gasteiger partial charge is 0.455 e. The highest BCUT2D eigenvalue weighted by Crippen LogP contribution is 2.10. The predicted molar refractivity (Wildman–Crippen MR) is 43.3 cm³/mol. The van der Waals surface area contributed by atoms with Gasteiger partial charge in [0.25, 0.3) is 0 Å². The molecule has 0 amide bonds. The molecule has 1 unspecified atom stereocenters. The summed E-state index contributed by atoms with van der Waals surface area (Å²) in [7, 11) is 0. The third kappa shape index (κ3) is 2.62. The molecular formula is C9H9O3. The minimum Gasteiger partial charge on any atom is -0.455 e. The predicted octanol–water partition coefficient (Wildman–Crippen LogP) is 1.50. The van der Waals surface area contributed by atoms with E-state index in [0.717, 1.165) is 0 Å². The summed E-state index contributed by atoms with van der Waals surface area (Å²) in [5.41, 5.74) is 0. The Bertz CT molecular complexity index is 233. The molecule has 0 aliphatic heterocycles. The number of hydrogen-bond acceptors (Lipinski definition) is 3. The van der Waals surface area contributed by atoms with E-state index in [1.54, 1.807) is 19.1 Å². The lowest BCUT2D eigenvalue weighted by atomic mass is 10.3. The zero-order valence-corrected chi connectivity index (χ0v) is 6.69. The van der Waals surface area contributed by atoms with Crippen molar-refractivity contribution in [2.24, 2.45) is 0 Å². The fourth-order valence-corrected chi connectivity index (χ4v) is 0.783. The molecule has 0 bridgehead atoms. The van der Waals surface area contributed by atoms with Gasteiger partial charge < -0.3 is 9.47 Å². The Kier molecular flexibility index (Phi) is 3.14. The number of carbonyl (C=O) groups excluding carboxylic acids is 1. The van der Waals surface area contributed by atoms with E-state index in [4.69, 9.17) is 4.74 Å². The van der Waals surface area contributed by atoms with Crippen molar-refractivity contribution in [1.29, 1.82) is 0 Å². The molecule has 1 atom stereocenters. The standard InChI is InChI=1S/C9H9O3/c1-8(11-7-10)12-9-5-3-2-4-6-9/h2-6,8H,1H3. The first kappa shape index (κ1) is 8.59. The molecule has 1 rings (SSSR count). The van der Waals surface area contributed by atoms with E-state index in [0.29, 0.717) is 5.75 Å². The molecule has 0 fully saturated rings. The van der Waals surface area contributed by atoms with Crippen LogP contribution in [0, 0.1) is 0 Å². The molecule has 1 aromatic carbocycles. The normalized spacial score (nSPS) is 11.8. The van der Waals surface area contributed by atoms with E-state index in [2.05, 4.69) is 4.74 Å². The fraction of sp³-hybridized carbons (Fsp3) is 0.222. The van der Waals surface area contributed by atoms with Crippen LogP contribution in [0.2, 0.25) is 0 Å². The van der Waals surface area contributed by atoms with Gasteiger partial charge in [-0.1, -0.05) is 18.2 Å². The molecule has 1 radical (unpaired) electrons. The van der Waals surface area contributed by atoms with Crippen molar-refractivity contribution in [2.75, 3.05) is 0 Å². The van der Waals surface area contributed by atoms with Crippen molar-refractivity contribution in [3.8, 4) is 5.75 Å². The second-order valence-electron chi connectivity index (χ2n) is 2.20. The van der Waals surface area contributed by atoms with Crippen molar-refractivity contribution in [3.05, 3.63) is 30.3 Å². The third-order valence-electron chi connectivity index (χ3n) is 1.26. The van der Waals surface area contributed by atoms with Gasteiger partial charge in [-0.05, 0) is 12.1 Å². The Morgan fingerprint density at radius 1 is 1.33 bits per heavy atom. The van der Waals surface area contributed by atoms with E-state index < -0.39 is 6.29 Å². The van der Waals surface area contributed by atoms with Crippen LogP contribution >= 0.6 is 0 Å². The van der Waals surface area contributed by atoms with E-state index in [-0.39, 0.29) is 0 Å². The first-order valence-corrected chi connectivity index (χ1v) is 3.57. The number of ether oxygens (including phenoxy) is 2. The van der Waals surface area contributed by atoms with Crippen molar-refractivity contribution >= 4 is 6.47 Å². The highest BCUT2D eigenvalue weighted by Gasteiger charge is 2.01. The van der Waals surface area contributed by atoms with Crippen molar-refractivity contribution in [1.82, 2.24) is 0 Å². The lowest BCUT2D eigenvalue weighted by Gasteiger charge is -2.10. The summed E-state index contributed by atoms with van der Waals surface area (Å²) < 4.78 is 9.59. The van der Waals surface area contributed by atoms with Gasteiger partial charge in [0.05, 0.1) is 0 Å². The molecule has 0 heterocycles. The van der Waals surface area contributed by atoms with Crippen LogP contribution in [-0.2, 0) is 9.53 Å². The maximum absolute atomic E-state index is 9.78. The fourth-order valence-electron chi connectivity index (χ4n) is 0.783. The molecule has 0 saturated carbocycles. The van der Waals surface area contributed by atoms with Crippen LogP contribution in [0.4, 0.5) is 0 Å². The lowest BCUT2D eigenvalue weighted by Crippen LogP contribution is -2.14. The number of rotatable bonds is 4. The number of para-hydroxylation sites is 1. The van der Waals surface area contributed by atoms with Gasteiger partial charge in [0.2, 0.25) is 6.29 Å². The quantitative estimate of drug-likeness (QED) is 0.634. The first-order chi connectivity index (χ1) is 5.83. The molecule has 1 aromatic rings. The van der Waals surface area contributed by atoms with Gasteiger partial charge >= 0.3 is 6.47 Å². The van der Waals surface area contributed by atoms with Crippen LogP contribution in [0.5, 0.6) is 5.75 Å². The minimum absolute atomic E-state index is 0.593. The molecule has 63 valence electrons. The highest BCUT2D eigenvalue weighted by molar-refractivity contribution is 5.38. The molecule has 0 saturated heterocycles. The van der Waals surface area contributed by atoms with Crippen molar-refractivity contribution in [3.63, 3.8) is 0 Å². The maximum atomic E-state index is 9.78. The third-order valence-corrected chi connectivity index (χ3v) is 1.26. The summed E-state index contributed by atoms with van der Waals surface area (Å²) in [5, 5.41) is 0. The smallest absolute Gasteiger partial charge is 0.420 e. The average molecular weight is 165 g/mol. The van der Waals surface area contributed by atoms with Crippen LogP contribution in [0.15, 0.2) is 30.3 Å². The number of benzene rings is 1. The van der Waals surface area contributed by atoms with Gasteiger partial charge in [-0.25, -0.2) is 4.79 Å². The minimum atomic E-state index is -0.593. The van der Waals surface area contributed by atoms with Gasteiger partial charge in [-0.3, -0.25) is 0 Å². The molecule has 0 aliphatic rings. The van der Waals surface area contributed by atoms with Gasteiger partial charge in [-0.15, -0.1) is 0 Å². The van der Waals surface area contributed by atoms with Gasteiger partial charge in [0.1, 0.15) is 5.75 Å². The van der Waals surface area contributed by atoms with E-state index >= 15 is 0 Å². The molecule has 0 aromatic heterocycles. The second-order valence-corrected chi connectivity index (χ2v) is 2.20. The molecule has 3 nitrogen and oxygen atoms in total. The Hall–Kier alpha value is -1.51. The van der Waals surface area contributed by atoms with Crippen LogP contribution in [0.3, 0.4) is 0 Å². The Morgan fingerprint density at radius 3 is 2.58 bits per heavy atom. The zero-order chi connectivity index (χ0) is 8.81. The average Bonchev–Trinajstić information content (AvgIpc) is 2.06. The van der Waals surface area contributed by atoms with Gasteiger partial charge in [0, 0.05) is 6.92 Å². The molecule has 0 aliphatic carbocycles. The summed E-state index contributed by atoms with van der Waals surface area (Å²) in [6.45, 7) is 2.94. The molecule has 0 spiro atoms. The molecule has 0 N–H and O–H groups in total. The van der Waals surface area contributed by atoms with Crippen LogP contribution in [0.1, 0.15) is 6.92 Å². The topological polar surface area (TPSA) is 35.5 Å². The summed E-state index contributed by atoms with van der Waals surface area (Å²) in [4.78, 5) is 9.78. The monoisotopic (exact) mass is 165 g/mol. The summed E-state index contributed by atoms with van der Waals surface area (Å²) in [5.74, 6) is 0.667. The maximum Gasteiger partial charge on any atom is 0.420 e. The van der Waals surface area contributed by atoms with Crippen molar-refractivity contribution in [2.45, 2.75) is 13.2 Å². The number of hydrogen-bond donors (Lipinski definition) is 0. The van der Waals surface area contributed by atoms with Gasteiger partial charge in [-0.2, -0.15) is 0 Å². The second kappa shape index (κ2) is 4.38. The Labute approximate surface area is 70.9 Å².